The number of benzene rings is 2. The van der Waals surface area contributed by atoms with Gasteiger partial charge >= 0.3 is 14.7 Å². The lowest BCUT2D eigenvalue weighted by Crippen LogP contribution is -2.62. The van der Waals surface area contributed by atoms with Crippen LogP contribution in [0.3, 0.4) is 0 Å². The molecular formula is C28H36FNO5Si. The van der Waals surface area contributed by atoms with Gasteiger partial charge in [-0.05, 0) is 23.3 Å². The SMILES string of the molecule is CC(C)(C)[Si]1(C(C)(C)C)O[C@@H](CC(=O)N2C(=O)OC[C@@H]2c2ccccc2)C[C@@H](c2ccc(F)cc2)O1. The van der Waals surface area contributed by atoms with Gasteiger partial charge in [0.1, 0.15) is 18.5 Å². The Morgan fingerprint density at radius 1 is 0.944 bits per heavy atom. The highest BCUT2D eigenvalue weighted by Crippen LogP contribution is 2.57. The topological polar surface area (TPSA) is 65.1 Å². The summed E-state index contributed by atoms with van der Waals surface area (Å²) in [5.41, 5.74) is 1.70. The summed E-state index contributed by atoms with van der Waals surface area (Å²) in [4.78, 5) is 27.4. The molecule has 0 saturated carbocycles. The van der Waals surface area contributed by atoms with Crippen LogP contribution in [0, 0.1) is 5.82 Å². The molecule has 2 aromatic rings. The quantitative estimate of drug-likeness (QED) is 0.420. The summed E-state index contributed by atoms with van der Waals surface area (Å²) >= 11 is 0. The Bertz CT molecular complexity index is 1080. The van der Waals surface area contributed by atoms with Crippen molar-refractivity contribution in [3.05, 3.63) is 71.5 Å². The first-order chi connectivity index (χ1) is 16.8. The zero-order valence-corrected chi connectivity index (χ0v) is 22.9. The molecule has 194 valence electrons. The molecule has 2 aromatic carbocycles. The predicted octanol–water partition coefficient (Wildman–Crippen LogP) is 6.82. The molecule has 0 unspecified atom stereocenters. The Labute approximate surface area is 214 Å². The van der Waals surface area contributed by atoms with Gasteiger partial charge in [0, 0.05) is 16.5 Å². The number of carbonyl (C=O) groups excluding carboxylic acids is 2. The minimum Gasteiger partial charge on any atom is -0.446 e. The van der Waals surface area contributed by atoms with Crippen LogP contribution in [0.25, 0.3) is 0 Å². The van der Waals surface area contributed by atoms with Crippen LogP contribution in [-0.2, 0) is 18.4 Å². The van der Waals surface area contributed by atoms with Crippen LogP contribution in [-0.4, -0.2) is 38.2 Å². The van der Waals surface area contributed by atoms with E-state index < -0.39 is 26.8 Å². The molecule has 2 aliphatic heterocycles. The largest absolute Gasteiger partial charge is 0.446 e. The zero-order valence-electron chi connectivity index (χ0n) is 21.9. The number of rotatable bonds is 4. The zero-order chi connectivity index (χ0) is 26.3. The maximum atomic E-state index is 13.7. The van der Waals surface area contributed by atoms with Crippen LogP contribution in [0.1, 0.15) is 77.7 Å². The summed E-state index contributed by atoms with van der Waals surface area (Å²) in [6.07, 6.45) is -0.988. The van der Waals surface area contributed by atoms with E-state index in [4.69, 9.17) is 13.6 Å². The van der Waals surface area contributed by atoms with Crippen molar-refractivity contribution in [3.8, 4) is 0 Å². The molecule has 0 radical (unpaired) electrons. The molecule has 2 saturated heterocycles. The second-order valence-electron chi connectivity index (χ2n) is 11.7. The van der Waals surface area contributed by atoms with E-state index >= 15 is 0 Å². The Hall–Kier alpha value is -2.55. The van der Waals surface area contributed by atoms with Crippen LogP contribution in [0.5, 0.6) is 0 Å². The average Bonchev–Trinajstić information content (AvgIpc) is 3.20. The second-order valence-corrected chi connectivity index (χ2v) is 16.4. The number of halogens is 1. The van der Waals surface area contributed by atoms with Crippen LogP contribution >= 0.6 is 0 Å². The van der Waals surface area contributed by atoms with Gasteiger partial charge in [0.25, 0.3) is 0 Å². The van der Waals surface area contributed by atoms with Crippen molar-refractivity contribution in [2.24, 2.45) is 0 Å². The molecule has 0 aromatic heterocycles. The van der Waals surface area contributed by atoms with Gasteiger partial charge in [0.05, 0.1) is 18.6 Å². The Morgan fingerprint density at radius 3 is 2.14 bits per heavy atom. The predicted molar refractivity (Wildman–Crippen MR) is 137 cm³/mol. The molecule has 0 spiro atoms. The first-order valence-electron chi connectivity index (χ1n) is 12.5. The van der Waals surface area contributed by atoms with Gasteiger partial charge in [-0.3, -0.25) is 4.79 Å². The van der Waals surface area contributed by atoms with Crippen LogP contribution in [0.4, 0.5) is 9.18 Å². The fourth-order valence-corrected chi connectivity index (χ4v) is 10.5. The number of amides is 2. The van der Waals surface area contributed by atoms with Gasteiger partial charge in [-0.1, -0.05) is 84.0 Å². The molecular weight excluding hydrogens is 477 g/mol. The summed E-state index contributed by atoms with van der Waals surface area (Å²) in [6, 6.07) is 15.3. The molecule has 36 heavy (non-hydrogen) atoms. The number of hydrogen-bond acceptors (Lipinski definition) is 5. The lowest BCUT2D eigenvalue weighted by molar-refractivity contribution is -0.133. The van der Waals surface area contributed by atoms with E-state index in [-0.39, 0.29) is 40.9 Å². The molecule has 2 fully saturated rings. The first kappa shape index (κ1) is 26.5. The minimum absolute atomic E-state index is 0.0282. The summed E-state index contributed by atoms with van der Waals surface area (Å²) < 4.78 is 32.6. The summed E-state index contributed by atoms with van der Waals surface area (Å²) in [6.45, 7) is 12.8. The highest BCUT2D eigenvalue weighted by molar-refractivity contribution is 6.73. The number of ether oxygens (including phenoxy) is 1. The minimum atomic E-state index is -2.99. The van der Waals surface area contributed by atoms with Crippen molar-refractivity contribution in [1.29, 1.82) is 0 Å². The maximum Gasteiger partial charge on any atom is 0.417 e. The van der Waals surface area contributed by atoms with Crippen molar-refractivity contribution in [2.75, 3.05) is 6.61 Å². The molecule has 2 amide bonds. The molecule has 2 aliphatic rings. The van der Waals surface area contributed by atoms with Gasteiger partial charge in [-0.15, -0.1) is 0 Å². The van der Waals surface area contributed by atoms with E-state index in [0.29, 0.717) is 6.42 Å². The van der Waals surface area contributed by atoms with E-state index in [0.717, 1.165) is 11.1 Å². The van der Waals surface area contributed by atoms with Crippen molar-refractivity contribution in [2.45, 2.75) is 82.7 Å². The Morgan fingerprint density at radius 2 is 1.56 bits per heavy atom. The van der Waals surface area contributed by atoms with Gasteiger partial charge < -0.3 is 13.6 Å². The van der Waals surface area contributed by atoms with E-state index in [9.17, 15) is 14.0 Å². The van der Waals surface area contributed by atoms with Gasteiger partial charge in [-0.25, -0.2) is 14.1 Å². The molecule has 0 N–H and O–H groups in total. The standard InChI is InChI=1S/C28H36FNO5Si/c1-27(2,3)36(28(4,5)6)34-22(16-24(35-36)20-12-14-21(29)15-13-20)17-25(31)30-23(18-33-26(30)32)19-10-8-7-9-11-19/h7-15,22-24H,16-18H2,1-6H3/t22-,23-,24+/m1/s1. The molecule has 8 heteroatoms. The smallest absolute Gasteiger partial charge is 0.417 e. The highest BCUT2D eigenvalue weighted by atomic mass is 28.4. The second kappa shape index (κ2) is 9.72. The number of hydrogen-bond donors (Lipinski definition) is 0. The van der Waals surface area contributed by atoms with E-state index in [1.165, 1.54) is 17.0 Å². The summed E-state index contributed by atoms with van der Waals surface area (Å²) in [5.74, 6) is -0.644. The number of cyclic esters (lactones) is 1. The van der Waals surface area contributed by atoms with E-state index in [1.807, 2.05) is 30.3 Å². The number of nitrogens with zero attached hydrogens (tertiary/aromatic N) is 1. The molecule has 0 bridgehead atoms. The number of carbonyl (C=O) groups is 2. The molecule has 4 rings (SSSR count). The first-order valence-corrected chi connectivity index (χ1v) is 14.3. The van der Waals surface area contributed by atoms with Crippen molar-refractivity contribution in [1.82, 2.24) is 4.90 Å². The monoisotopic (exact) mass is 513 g/mol. The molecule has 3 atom stereocenters. The van der Waals surface area contributed by atoms with Crippen molar-refractivity contribution in [3.63, 3.8) is 0 Å². The third kappa shape index (κ3) is 4.99. The fraction of sp³-hybridized carbons (Fsp3) is 0.500. The Balaban J connectivity index is 1.65. The van der Waals surface area contributed by atoms with Gasteiger partial charge in [0.2, 0.25) is 5.91 Å². The molecule has 6 nitrogen and oxygen atoms in total. The lowest BCUT2D eigenvalue weighted by Gasteiger charge is -2.55. The highest BCUT2D eigenvalue weighted by Gasteiger charge is 2.62. The third-order valence-corrected chi connectivity index (χ3v) is 12.3. The maximum absolute atomic E-state index is 13.7. The van der Waals surface area contributed by atoms with Crippen LogP contribution in [0.2, 0.25) is 10.1 Å². The van der Waals surface area contributed by atoms with Crippen LogP contribution in [0.15, 0.2) is 54.6 Å². The van der Waals surface area contributed by atoms with Crippen LogP contribution < -0.4 is 0 Å². The summed E-state index contributed by atoms with van der Waals surface area (Å²) in [7, 11) is -2.99. The summed E-state index contributed by atoms with van der Waals surface area (Å²) in [5, 5.41) is -0.630. The third-order valence-electron chi connectivity index (χ3n) is 7.06. The number of imide groups is 1. The molecule has 2 heterocycles. The van der Waals surface area contributed by atoms with E-state index in [2.05, 4.69) is 41.5 Å². The van der Waals surface area contributed by atoms with Crippen molar-refractivity contribution < 1.29 is 27.6 Å². The van der Waals surface area contributed by atoms with E-state index in [1.54, 1.807) is 12.1 Å². The van der Waals surface area contributed by atoms with Gasteiger partial charge in [0.15, 0.2) is 0 Å². The molecule has 0 aliphatic carbocycles. The average molecular weight is 514 g/mol. The van der Waals surface area contributed by atoms with Crippen molar-refractivity contribution >= 4 is 20.6 Å². The van der Waals surface area contributed by atoms with Gasteiger partial charge in [-0.2, -0.15) is 0 Å². The normalized spacial score (nSPS) is 24.5. The Kier molecular flexibility index (Phi) is 7.16. The lowest BCUT2D eigenvalue weighted by atomic mass is 10.0. The fourth-order valence-electron chi connectivity index (χ4n) is 5.55.